The van der Waals surface area contributed by atoms with Crippen LogP contribution >= 0.6 is 11.3 Å². The van der Waals surface area contributed by atoms with Crippen LogP contribution in [-0.4, -0.2) is 23.2 Å². The molecule has 0 spiro atoms. The molecular weight excluding hydrogens is 322 g/mol. The van der Waals surface area contributed by atoms with Crippen LogP contribution in [0, 0.1) is 0 Å². The molecule has 1 aromatic heterocycles. The SMILES string of the molecule is OC(CNCc1cnc(C2CC2)s1)c1cccc(OC(F)F)c1. The predicted molar refractivity (Wildman–Crippen MR) is 83.8 cm³/mol. The van der Waals surface area contributed by atoms with Gasteiger partial charge in [-0.15, -0.1) is 11.3 Å². The van der Waals surface area contributed by atoms with Crippen LogP contribution in [0.1, 0.15) is 40.3 Å². The van der Waals surface area contributed by atoms with E-state index in [1.165, 1.54) is 30.0 Å². The summed E-state index contributed by atoms with van der Waals surface area (Å²) in [5.74, 6) is 0.699. The minimum absolute atomic E-state index is 0.0492. The first-order chi connectivity index (χ1) is 11.1. The summed E-state index contributed by atoms with van der Waals surface area (Å²) in [7, 11) is 0. The number of nitrogens with one attached hydrogen (secondary N) is 1. The van der Waals surface area contributed by atoms with Crippen molar-refractivity contribution in [2.24, 2.45) is 0 Å². The van der Waals surface area contributed by atoms with E-state index in [9.17, 15) is 13.9 Å². The lowest BCUT2D eigenvalue weighted by Gasteiger charge is -2.13. The topological polar surface area (TPSA) is 54.4 Å². The molecule has 0 radical (unpaired) electrons. The highest BCUT2D eigenvalue weighted by Crippen LogP contribution is 2.41. The number of nitrogens with zero attached hydrogens (tertiary/aromatic N) is 1. The summed E-state index contributed by atoms with van der Waals surface area (Å²) >= 11 is 1.70. The molecule has 1 heterocycles. The maximum atomic E-state index is 12.2. The number of rotatable bonds is 8. The molecule has 23 heavy (non-hydrogen) atoms. The highest BCUT2D eigenvalue weighted by atomic mass is 32.1. The lowest BCUT2D eigenvalue weighted by atomic mass is 10.1. The number of hydrogen-bond acceptors (Lipinski definition) is 5. The second-order valence-electron chi connectivity index (χ2n) is 5.54. The Hall–Kier alpha value is -1.57. The number of halogens is 2. The van der Waals surface area contributed by atoms with Gasteiger partial charge < -0.3 is 15.2 Å². The van der Waals surface area contributed by atoms with Crippen LogP contribution < -0.4 is 10.1 Å². The van der Waals surface area contributed by atoms with Crippen LogP contribution in [0.15, 0.2) is 30.5 Å². The number of alkyl halides is 2. The third-order valence-electron chi connectivity index (χ3n) is 3.60. The van der Waals surface area contributed by atoms with E-state index in [4.69, 9.17) is 0 Å². The molecular formula is C16H18F2N2O2S. The zero-order valence-electron chi connectivity index (χ0n) is 12.4. The monoisotopic (exact) mass is 340 g/mol. The Labute approximate surface area is 137 Å². The molecule has 1 fully saturated rings. The van der Waals surface area contributed by atoms with Gasteiger partial charge in [0.05, 0.1) is 11.1 Å². The van der Waals surface area contributed by atoms with Crippen molar-refractivity contribution in [2.45, 2.75) is 38.0 Å². The molecule has 1 aliphatic carbocycles. The van der Waals surface area contributed by atoms with Crippen molar-refractivity contribution in [3.63, 3.8) is 0 Å². The molecule has 124 valence electrons. The van der Waals surface area contributed by atoms with Crippen molar-refractivity contribution < 1.29 is 18.6 Å². The molecule has 2 aromatic rings. The Morgan fingerprint density at radius 3 is 2.96 bits per heavy atom. The summed E-state index contributed by atoms with van der Waals surface area (Å²) in [6.07, 6.45) is 3.55. The van der Waals surface area contributed by atoms with Gasteiger partial charge >= 0.3 is 6.61 Å². The third-order valence-corrected chi connectivity index (χ3v) is 4.76. The van der Waals surface area contributed by atoms with Crippen molar-refractivity contribution >= 4 is 11.3 Å². The quantitative estimate of drug-likeness (QED) is 0.773. The molecule has 1 saturated carbocycles. The van der Waals surface area contributed by atoms with E-state index in [0.29, 0.717) is 24.6 Å². The molecule has 7 heteroatoms. The molecule has 2 N–H and O–H groups in total. The normalized spacial score (nSPS) is 15.8. The summed E-state index contributed by atoms with van der Waals surface area (Å²) in [5, 5.41) is 14.5. The lowest BCUT2D eigenvalue weighted by Crippen LogP contribution is -2.20. The van der Waals surface area contributed by atoms with E-state index >= 15 is 0 Å². The number of aliphatic hydroxyl groups excluding tert-OH is 1. The van der Waals surface area contributed by atoms with E-state index in [1.807, 2.05) is 6.20 Å². The molecule has 0 bridgehead atoms. The van der Waals surface area contributed by atoms with Crippen LogP contribution in [0.2, 0.25) is 0 Å². The van der Waals surface area contributed by atoms with Gasteiger partial charge in [-0.2, -0.15) is 8.78 Å². The number of ether oxygens (including phenoxy) is 1. The molecule has 4 nitrogen and oxygen atoms in total. The number of thiazole rings is 1. The number of benzene rings is 1. The first-order valence-corrected chi connectivity index (χ1v) is 8.31. The maximum Gasteiger partial charge on any atom is 0.387 e. The first-order valence-electron chi connectivity index (χ1n) is 7.50. The lowest BCUT2D eigenvalue weighted by molar-refractivity contribution is -0.0499. The summed E-state index contributed by atoms with van der Waals surface area (Å²) in [6.45, 7) is -1.91. The van der Waals surface area contributed by atoms with Gasteiger partial charge in [0.2, 0.25) is 0 Å². The van der Waals surface area contributed by atoms with Gasteiger partial charge in [-0.3, -0.25) is 0 Å². The van der Waals surface area contributed by atoms with E-state index in [1.54, 1.807) is 23.5 Å². The van der Waals surface area contributed by atoms with Gasteiger partial charge in [-0.25, -0.2) is 4.98 Å². The molecule has 0 aliphatic heterocycles. The van der Waals surface area contributed by atoms with Gasteiger partial charge in [-0.05, 0) is 30.5 Å². The Balaban J connectivity index is 1.49. The van der Waals surface area contributed by atoms with Crippen molar-refractivity contribution in [2.75, 3.05) is 6.54 Å². The van der Waals surface area contributed by atoms with Gasteiger partial charge in [0.15, 0.2) is 0 Å². The van der Waals surface area contributed by atoms with Crippen molar-refractivity contribution in [1.82, 2.24) is 10.3 Å². The van der Waals surface area contributed by atoms with Crippen molar-refractivity contribution in [3.05, 3.63) is 45.9 Å². The Morgan fingerprint density at radius 1 is 1.39 bits per heavy atom. The number of aromatic nitrogens is 1. The third kappa shape index (κ3) is 4.70. The minimum atomic E-state index is -2.87. The molecule has 1 unspecified atom stereocenters. The van der Waals surface area contributed by atoms with E-state index in [-0.39, 0.29) is 5.75 Å². The van der Waals surface area contributed by atoms with Gasteiger partial charge in [-0.1, -0.05) is 12.1 Å². The summed E-state index contributed by atoms with van der Waals surface area (Å²) in [6, 6.07) is 6.13. The summed E-state index contributed by atoms with van der Waals surface area (Å²) in [4.78, 5) is 5.53. The highest BCUT2D eigenvalue weighted by Gasteiger charge is 2.26. The molecule has 1 aromatic carbocycles. The predicted octanol–water partition coefficient (Wildman–Crippen LogP) is 3.45. The molecule has 0 amide bonds. The smallest absolute Gasteiger partial charge is 0.387 e. The zero-order valence-corrected chi connectivity index (χ0v) is 13.2. The number of aliphatic hydroxyl groups is 1. The van der Waals surface area contributed by atoms with Gasteiger partial charge in [0.25, 0.3) is 0 Å². The van der Waals surface area contributed by atoms with Crippen LogP contribution in [0.4, 0.5) is 8.78 Å². The fraction of sp³-hybridized carbons (Fsp3) is 0.438. The summed E-state index contributed by atoms with van der Waals surface area (Å²) < 4.78 is 28.7. The minimum Gasteiger partial charge on any atom is -0.435 e. The van der Waals surface area contributed by atoms with Crippen LogP contribution in [0.3, 0.4) is 0 Å². The fourth-order valence-electron chi connectivity index (χ4n) is 2.27. The highest BCUT2D eigenvalue weighted by molar-refractivity contribution is 7.11. The van der Waals surface area contributed by atoms with Gasteiger partial charge in [0, 0.05) is 30.1 Å². The average Bonchev–Trinajstić information content (AvgIpc) is 3.26. The van der Waals surface area contributed by atoms with E-state index < -0.39 is 12.7 Å². The Morgan fingerprint density at radius 2 is 2.22 bits per heavy atom. The van der Waals surface area contributed by atoms with Crippen molar-refractivity contribution in [1.29, 1.82) is 0 Å². The molecule has 3 rings (SSSR count). The maximum absolute atomic E-state index is 12.2. The standard InChI is InChI=1S/C16H18F2N2O2S/c17-16(18)22-12-3-1-2-11(6-12)14(21)9-19-7-13-8-20-15(23-13)10-4-5-10/h1-3,6,8,10,14,16,19,21H,4-5,7,9H2. The van der Waals surface area contributed by atoms with Crippen LogP contribution in [0.5, 0.6) is 5.75 Å². The number of hydrogen-bond donors (Lipinski definition) is 2. The Kier molecular flexibility index (Phi) is 5.20. The van der Waals surface area contributed by atoms with Gasteiger partial charge in [0.1, 0.15) is 5.75 Å². The van der Waals surface area contributed by atoms with Crippen molar-refractivity contribution in [3.8, 4) is 5.75 Å². The van der Waals surface area contributed by atoms with Crippen LogP contribution in [-0.2, 0) is 6.54 Å². The zero-order chi connectivity index (χ0) is 16.2. The second kappa shape index (κ2) is 7.33. The van der Waals surface area contributed by atoms with Crippen LogP contribution in [0.25, 0.3) is 0 Å². The fourth-order valence-corrected chi connectivity index (χ4v) is 3.33. The molecule has 1 aliphatic rings. The summed E-state index contributed by atoms with van der Waals surface area (Å²) in [5.41, 5.74) is 0.540. The van der Waals surface area contributed by atoms with E-state index in [2.05, 4.69) is 15.0 Å². The first kappa shape index (κ1) is 16.3. The Bertz CT molecular complexity index is 647. The molecule has 1 atom stereocenters. The second-order valence-corrected chi connectivity index (χ2v) is 6.68. The average molecular weight is 340 g/mol. The molecule has 0 saturated heterocycles. The van der Waals surface area contributed by atoms with E-state index in [0.717, 1.165) is 4.88 Å². The largest absolute Gasteiger partial charge is 0.435 e.